The SMILES string of the molecule is CC1=[N+](CCO)c2ccc(Br)cc2C1(C)C. The number of hydrogen-bond donors (Lipinski definition) is 1. The summed E-state index contributed by atoms with van der Waals surface area (Å²) in [5.74, 6) is 0. The highest BCUT2D eigenvalue weighted by atomic mass is 79.9. The zero-order valence-electron chi connectivity index (χ0n) is 9.92. The minimum Gasteiger partial charge on any atom is -0.390 e. The van der Waals surface area contributed by atoms with Crippen molar-refractivity contribution in [3.63, 3.8) is 0 Å². The van der Waals surface area contributed by atoms with Crippen LogP contribution in [0.1, 0.15) is 26.3 Å². The third-order valence-electron chi connectivity index (χ3n) is 3.56. The van der Waals surface area contributed by atoms with Crippen molar-refractivity contribution in [3.8, 4) is 0 Å². The van der Waals surface area contributed by atoms with Crippen LogP contribution in [0.2, 0.25) is 0 Å². The third kappa shape index (κ3) is 1.62. The summed E-state index contributed by atoms with van der Waals surface area (Å²) < 4.78 is 3.32. The zero-order valence-corrected chi connectivity index (χ0v) is 11.5. The number of rotatable bonds is 2. The summed E-state index contributed by atoms with van der Waals surface area (Å²) in [4.78, 5) is 0. The smallest absolute Gasteiger partial charge is 0.209 e. The van der Waals surface area contributed by atoms with Gasteiger partial charge < -0.3 is 5.11 Å². The first-order valence-electron chi connectivity index (χ1n) is 5.51. The van der Waals surface area contributed by atoms with Gasteiger partial charge in [0.15, 0.2) is 12.3 Å². The molecular formula is C13H17BrNO+. The van der Waals surface area contributed by atoms with Crippen molar-refractivity contribution in [3.05, 3.63) is 28.2 Å². The molecule has 0 aliphatic carbocycles. The van der Waals surface area contributed by atoms with Gasteiger partial charge >= 0.3 is 0 Å². The van der Waals surface area contributed by atoms with Gasteiger partial charge in [-0.1, -0.05) is 15.9 Å². The van der Waals surface area contributed by atoms with Crippen molar-refractivity contribution >= 4 is 27.3 Å². The second kappa shape index (κ2) is 3.97. The number of aliphatic hydroxyl groups excluding tert-OH is 1. The van der Waals surface area contributed by atoms with E-state index in [1.165, 1.54) is 17.0 Å². The molecule has 3 heteroatoms. The van der Waals surface area contributed by atoms with E-state index in [2.05, 4.69) is 59.5 Å². The number of halogens is 1. The van der Waals surface area contributed by atoms with Gasteiger partial charge in [0.1, 0.15) is 6.61 Å². The molecule has 0 aromatic heterocycles. The first-order chi connectivity index (χ1) is 7.48. The van der Waals surface area contributed by atoms with Gasteiger partial charge in [-0.2, -0.15) is 4.58 Å². The normalized spacial score (nSPS) is 17.8. The third-order valence-corrected chi connectivity index (χ3v) is 4.05. The molecule has 86 valence electrons. The fourth-order valence-corrected chi connectivity index (χ4v) is 2.71. The average Bonchev–Trinajstić information content (AvgIpc) is 2.41. The fourth-order valence-electron chi connectivity index (χ4n) is 2.35. The predicted molar refractivity (Wildman–Crippen MR) is 69.7 cm³/mol. The van der Waals surface area contributed by atoms with Crippen LogP contribution in [0.15, 0.2) is 22.7 Å². The number of benzene rings is 1. The van der Waals surface area contributed by atoms with Gasteiger partial charge in [0.25, 0.3) is 0 Å². The Morgan fingerprint density at radius 1 is 1.38 bits per heavy atom. The molecule has 1 aromatic rings. The molecule has 16 heavy (non-hydrogen) atoms. The van der Waals surface area contributed by atoms with Crippen LogP contribution in [0.5, 0.6) is 0 Å². The average molecular weight is 283 g/mol. The maximum Gasteiger partial charge on any atom is 0.209 e. The Labute approximate surface area is 105 Å². The molecule has 0 saturated carbocycles. The van der Waals surface area contributed by atoms with Gasteiger partial charge in [0.05, 0.1) is 5.41 Å². The van der Waals surface area contributed by atoms with Gasteiger partial charge in [-0.15, -0.1) is 0 Å². The Morgan fingerprint density at radius 3 is 2.69 bits per heavy atom. The van der Waals surface area contributed by atoms with E-state index in [1.54, 1.807) is 0 Å². The number of aliphatic hydroxyl groups is 1. The Bertz CT molecular complexity index is 463. The number of β-amino-alcohol motifs (C(OH)–C–C–N with tert-alkyl or cyclic N) is 1. The van der Waals surface area contributed by atoms with Gasteiger partial charge in [0.2, 0.25) is 5.69 Å². The molecule has 2 nitrogen and oxygen atoms in total. The fraction of sp³-hybridized carbons (Fsp3) is 0.462. The molecule has 1 N–H and O–H groups in total. The van der Waals surface area contributed by atoms with E-state index in [4.69, 9.17) is 5.11 Å². The molecule has 2 rings (SSSR count). The molecular weight excluding hydrogens is 266 g/mol. The van der Waals surface area contributed by atoms with Crippen molar-refractivity contribution < 1.29 is 9.68 Å². The molecule has 1 aromatic carbocycles. The lowest BCUT2D eigenvalue weighted by molar-refractivity contribution is -0.442. The largest absolute Gasteiger partial charge is 0.390 e. The highest BCUT2D eigenvalue weighted by Gasteiger charge is 2.42. The van der Waals surface area contributed by atoms with Gasteiger partial charge in [-0.05, 0) is 26.0 Å². The molecule has 1 aliphatic heterocycles. The molecule has 0 fully saturated rings. The van der Waals surface area contributed by atoms with Crippen LogP contribution in [-0.2, 0) is 5.41 Å². The Morgan fingerprint density at radius 2 is 2.06 bits per heavy atom. The summed E-state index contributed by atoms with van der Waals surface area (Å²) in [5.41, 5.74) is 3.90. The number of hydrogen-bond acceptors (Lipinski definition) is 1. The van der Waals surface area contributed by atoms with E-state index < -0.39 is 0 Å². The van der Waals surface area contributed by atoms with Crippen LogP contribution in [0.3, 0.4) is 0 Å². The van der Waals surface area contributed by atoms with E-state index in [9.17, 15) is 0 Å². The molecule has 0 unspecified atom stereocenters. The van der Waals surface area contributed by atoms with Crippen LogP contribution in [0.25, 0.3) is 0 Å². The van der Waals surface area contributed by atoms with Crippen LogP contribution < -0.4 is 0 Å². The molecule has 0 saturated heterocycles. The number of fused-ring (bicyclic) bond motifs is 1. The Balaban J connectivity index is 2.62. The van der Waals surface area contributed by atoms with Crippen LogP contribution in [0.4, 0.5) is 5.69 Å². The second-order valence-electron chi connectivity index (χ2n) is 4.75. The lowest BCUT2D eigenvalue weighted by Crippen LogP contribution is -2.27. The summed E-state index contributed by atoms with van der Waals surface area (Å²) in [6.45, 7) is 7.45. The minimum atomic E-state index is 0.0499. The molecule has 0 atom stereocenters. The predicted octanol–water partition coefficient (Wildman–Crippen LogP) is 2.84. The maximum absolute atomic E-state index is 9.13. The van der Waals surface area contributed by atoms with Crippen LogP contribution in [-0.4, -0.2) is 28.5 Å². The minimum absolute atomic E-state index is 0.0499. The van der Waals surface area contributed by atoms with E-state index in [0.717, 1.165) is 4.47 Å². The summed E-state index contributed by atoms with van der Waals surface area (Å²) >= 11 is 3.52. The molecule has 1 aliphatic rings. The molecule has 0 spiro atoms. The van der Waals surface area contributed by atoms with Crippen LogP contribution in [0, 0.1) is 0 Å². The van der Waals surface area contributed by atoms with Crippen molar-refractivity contribution in [2.24, 2.45) is 0 Å². The Hall–Kier alpha value is -0.670. The molecule has 0 bridgehead atoms. The lowest BCUT2D eigenvalue weighted by Gasteiger charge is -2.14. The van der Waals surface area contributed by atoms with Crippen molar-refractivity contribution in [2.45, 2.75) is 26.2 Å². The van der Waals surface area contributed by atoms with E-state index in [-0.39, 0.29) is 12.0 Å². The van der Waals surface area contributed by atoms with Gasteiger partial charge in [-0.25, -0.2) is 0 Å². The van der Waals surface area contributed by atoms with Crippen molar-refractivity contribution in [1.29, 1.82) is 0 Å². The summed E-state index contributed by atoms with van der Waals surface area (Å²) in [6.07, 6.45) is 0. The standard InChI is InChI=1S/C13H17BrNO/c1-9-13(2,3)11-8-10(14)4-5-12(11)15(9)6-7-16/h4-5,8,16H,6-7H2,1-3H3/q+1. The van der Waals surface area contributed by atoms with Crippen molar-refractivity contribution in [2.75, 3.05) is 13.2 Å². The van der Waals surface area contributed by atoms with E-state index in [1.807, 2.05) is 0 Å². The van der Waals surface area contributed by atoms with Gasteiger partial charge in [-0.3, -0.25) is 0 Å². The zero-order chi connectivity index (χ0) is 11.9. The van der Waals surface area contributed by atoms with Crippen LogP contribution >= 0.6 is 15.9 Å². The number of nitrogens with zero attached hydrogens (tertiary/aromatic N) is 1. The molecule has 1 heterocycles. The monoisotopic (exact) mass is 282 g/mol. The maximum atomic E-state index is 9.13. The highest BCUT2D eigenvalue weighted by molar-refractivity contribution is 9.10. The summed E-state index contributed by atoms with van der Waals surface area (Å²) in [5, 5.41) is 9.13. The second-order valence-corrected chi connectivity index (χ2v) is 5.66. The topological polar surface area (TPSA) is 23.2 Å². The first-order valence-corrected chi connectivity index (χ1v) is 6.30. The summed E-state index contributed by atoms with van der Waals surface area (Å²) in [7, 11) is 0. The quantitative estimate of drug-likeness (QED) is 0.829. The highest BCUT2D eigenvalue weighted by Crippen LogP contribution is 2.40. The van der Waals surface area contributed by atoms with Gasteiger partial charge in [0, 0.05) is 23.0 Å². The molecule has 0 radical (unpaired) electrons. The van der Waals surface area contributed by atoms with E-state index in [0.29, 0.717) is 6.54 Å². The van der Waals surface area contributed by atoms with Crippen molar-refractivity contribution in [1.82, 2.24) is 0 Å². The van der Waals surface area contributed by atoms with E-state index >= 15 is 0 Å². The Kier molecular flexibility index (Phi) is 2.93. The first kappa shape index (κ1) is 11.8. The lowest BCUT2D eigenvalue weighted by atomic mass is 9.82. The molecule has 0 amide bonds. The summed E-state index contributed by atoms with van der Waals surface area (Å²) in [6, 6.07) is 6.35.